The second-order valence-corrected chi connectivity index (χ2v) is 7.40. The predicted molar refractivity (Wildman–Crippen MR) is 116 cm³/mol. The standard InChI is InChI=1S/C24H30O7/c1-3-8-18-22(13-11-19(24(28)29)23(18)31-16(2)25)30-14-7-5-4-6-9-17-10-12-20(26)21(27)15-17/h10-13,15,26-27H,3-9,14H2,1-2H3,(H,28,29). The van der Waals surface area contributed by atoms with Gasteiger partial charge in [0.2, 0.25) is 0 Å². The number of carboxylic acid groups (broad SMARTS) is 1. The Morgan fingerprint density at radius 1 is 0.935 bits per heavy atom. The Bertz CT molecular complexity index is 905. The van der Waals surface area contributed by atoms with E-state index in [4.69, 9.17) is 9.47 Å². The van der Waals surface area contributed by atoms with Gasteiger partial charge in [-0.25, -0.2) is 4.79 Å². The van der Waals surface area contributed by atoms with Crippen molar-refractivity contribution in [1.29, 1.82) is 0 Å². The number of aromatic carboxylic acids is 1. The van der Waals surface area contributed by atoms with Crippen LogP contribution in [0.1, 0.15) is 67.4 Å². The van der Waals surface area contributed by atoms with Crippen LogP contribution in [0.2, 0.25) is 0 Å². The molecule has 31 heavy (non-hydrogen) atoms. The molecule has 0 radical (unpaired) electrons. The van der Waals surface area contributed by atoms with Crippen molar-refractivity contribution in [2.45, 2.75) is 58.8 Å². The van der Waals surface area contributed by atoms with Crippen LogP contribution in [0.4, 0.5) is 0 Å². The summed E-state index contributed by atoms with van der Waals surface area (Å²) < 4.78 is 11.1. The molecule has 7 heteroatoms. The van der Waals surface area contributed by atoms with Crippen LogP contribution < -0.4 is 9.47 Å². The highest BCUT2D eigenvalue weighted by Gasteiger charge is 2.21. The molecule has 0 saturated heterocycles. The number of carbonyl (C=O) groups is 2. The van der Waals surface area contributed by atoms with Crippen molar-refractivity contribution in [3.8, 4) is 23.0 Å². The summed E-state index contributed by atoms with van der Waals surface area (Å²) in [6, 6.07) is 7.90. The number of aryl methyl sites for hydroxylation is 1. The van der Waals surface area contributed by atoms with Gasteiger partial charge in [-0.3, -0.25) is 4.79 Å². The van der Waals surface area contributed by atoms with Gasteiger partial charge in [-0.1, -0.05) is 32.3 Å². The molecule has 0 aliphatic carbocycles. The summed E-state index contributed by atoms with van der Waals surface area (Å²) >= 11 is 0. The average molecular weight is 430 g/mol. The van der Waals surface area contributed by atoms with Crippen molar-refractivity contribution in [3.05, 3.63) is 47.0 Å². The van der Waals surface area contributed by atoms with E-state index in [1.54, 1.807) is 18.2 Å². The van der Waals surface area contributed by atoms with Gasteiger partial charge in [0.15, 0.2) is 17.2 Å². The zero-order valence-corrected chi connectivity index (χ0v) is 18.0. The SMILES string of the molecule is CCCc1c(OCCCCCCc2ccc(O)c(O)c2)ccc(C(=O)O)c1OC(C)=O. The fourth-order valence-corrected chi connectivity index (χ4v) is 3.35. The molecule has 0 saturated carbocycles. The first kappa shape index (κ1) is 24.1. The van der Waals surface area contributed by atoms with Crippen molar-refractivity contribution in [1.82, 2.24) is 0 Å². The number of hydrogen-bond acceptors (Lipinski definition) is 6. The number of rotatable bonds is 12. The van der Waals surface area contributed by atoms with Gasteiger partial charge in [0.25, 0.3) is 0 Å². The Kier molecular flexibility index (Phi) is 9.18. The molecule has 0 unspecified atom stereocenters. The van der Waals surface area contributed by atoms with Crippen molar-refractivity contribution < 1.29 is 34.4 Å². The first-order chi connectivity index (χ1) is 14.8. The van der Waals surface area contributed by atoms with Gasteiger partial charge in [-0.05, 0) is 55.5 Å². The molecule has 3 N–H and O–H groups in total. The maximum Gasteiger partial charge on any atom is 0.339 e. The molecule has 2 rings (SSSR count). The maximum absolute atomic E-state index is 11.5. The highest BCUT2D eigenvalue weighted by atomic mass is 16.5. The Morgan fingerprint density at radius 2 is 1.68 bits per heavy atom. The molecule has 2 aromatic rings. The molecule has 168 valence electrons. The zero-order chi connectivity index (χ0) is 22.8. The van der Waals surface area contributed by atoms with E-state index in [9.17, 15) is 24.9 Å². The van der Waals surface area contributed by atoms with Crippen LogP contribution in [0.3, 0.4) is 0 Å². The monoisotopic (exact) mass is 430 g/mol. The Balaban J connectivity index is 1.88. The molecule has 0 aromatic heterocycles. The molecule has 0 aliphatic heterocycles. The number of phenols is 2. The van der Waals surface area contributed by atoms with Gasteiger partial charge in [0.1, 0.15) is 11.3 Å². The Labute approximate surface area is 182 Å². The van der Waals surface area contributed by atoms with Gasteiger partial charge < -0.3 is 24.8 Å². The van der Waals surface area contributed by atoms with E-state index >= 15 is 0 Å². The van der Waals surface area contributed by atoms with Crippen LogP contribution in [0, 0.1) is 0 Å². The smallest absolute Gasteiger partial charge is 0.339 e. The lowest BCUT2D eigenvalue weighted by Crippen LogP contribution is -2.11. The average Bonchev–Trinajstić information content (AvgIpc) is 2.71. The van der Waals surface area contributed by atoms with Gasteiger partial charge in [-0.15, -0.1) is 0 Å². The number of carboxylic acids is 1. The normalized spacial score (nSPS) is 10.6. The topological polar surface area (TPSA) is 113 Å². The van der Waals surface area contributed by atoms with Crippen molar-refractivity contribution in [2.75, 3.05) is 6.61 Å². The van der Waals surface area contributed by atoms with Crippen molar-refractivity contribution in [3.63, 3.8) is 0 Å². The van der Waals surface area contributed by atoms with Crippen LogP contribution >= 0.6 is 0 Å². The van der Waals surface area contributed by atoms with Crippen LogP contribution in [0.25, 0.3) is 0 Å². The minimum Gasteiger partial charge on any atom is -0.504 e. The van der Waals surface area contributed by atoms with Gasteiger partial charge in [-0.2, -0.15) is 0 Å². The zero-order valence-electron chi connectivity index (χ0n) is 18.0. The largest absolute Gasteiger partial charge is 0.504 e. The number of hydrogen-bond donors (Lipinski definition) is 3. The molecule has 0 amide bonds. The third kappa shape index (κ3) is 7.20. The quantitative estimate of drug-likeness (QED) is 0.191. The minimum absolute atomic E-state index is 0.0498. The molecular weight excluding hydrogens is 400 g/mol. The number of unbranched alkanes of at least 4 members (excludes halogenated alkanes) is 3. The summed E-state index contributed by atoms with van der Waals surface area (Å²) in [6.45, 7) is 3.68. The first-order valence-corrected chi connectivity index (χ1v) is 10.5. The van der Waals surface area contributed by atoms with E-state index in [0.29, 0.717) is 24.3 Å². The van der Waals surface area contributed by atoms with E-state index in [2.05, 4.69) is 0 Å². The highest BCUT2D eigenvalue weighted by Crippen LogP contribution is 2.34. The molecule has 0 heterocycles. The predicted octanol–water partition coefficient (Wildman–Crippen LogP) is 4.86. The number of esters is 1. The lowest BCUT2D eigenvalue weighted by molar-refractivity contribution is -0.131. The molecule has 2 aromatic carbocycles. The third-order valence-electron chi connectivity index (χ3n) is 4.85. The summed E-state index contributed by atoms with van der Waals surface area (Å²) in [4.78, 5) is 23.0. The minimum atomic E-state index is -1.15. The number of aromatic hydroxyl groups is 2. The lowest BCUT2D eigenvalue weighted by Gasteiger charge is -2.16. The van der Waals surface area contributed by atoms with Gasteiger partial charge in [0.05, 0.1) is 6.61 Å². The molecule has 0 bridgehead atoms. The summed E-state index contributed by atoms with van der Waals surface area (Å²) in [7, 11) is 0. The lowest BCUT2D eigenvalue weighted by atomic mass is 10.0. The number of carbonyl (C=O) groups excluding carboxylic acids is 1. The van der Waals surface area contributed by atoms with Crippen LogP contribution in [0.5, 0.6) is 23.0 Å². The number of phenolic OH excluding ortho intramolecular Hbond substituents is 2. The summed E-state index contributed by atoms with van der Waals surface area (Å²) in [5.74, 6) is -1.33. The van der Waals surface area contributed by atoms with Crippen molar-refractivity contribution >= 4 is 11.9 Å². The fraction of sp³-hybridized carbons (Fsp3) is 0.417. The van der Waals surface area contributed by atoms with Crippen LogP contribution in [-0.2, 0) is 17.6 Å². The van der Waals surface area contributed by atoms with E-state index in [1.807, 2.05) is 6.92 Å². The Hall–Kier alpha value is -3.22. The molecule has 0 atom stereocenters. The second-order valence-electron chi connectivity index (χ2n) is 7.40. The molecule has 7 nitrogen and oxygen atoms in total. The molecule has 0 aliphatic rings. The van der Waals surface area contributed by atoms with E-state index in [-0.39, 0.29) is 22.8 Å². The fourth-order valence-electron chi connectivity index (χ4n) is 3.35. The summed E-state index contributed by atoms with van der Waals surface area (Å²) in [6.07, 6.45) is 5.84. The maximum atomic E-state index is 11.5. The molecule has 0 fully saturated rings. The number of benzene rings is 2. The molecule has 0 spiro atoms. The Morgan fingerprint density at radius 3 is 2.32 bits per heavy atom. The second kappa shape index (κ2) is 11.8. The highest BCUT2D eigenvalue weighted by molar-refractivity contribution is 5.93. The van der Waals surface area contributed by atoms with Gasteiger partial charge >= 0.3 is 11.9 Å². The third-order valence-corrected chi connectivity index (χ3v) is 4.85. The van der Waals surface area contributed by atoms with Gasteiger partial charge in [0, 0.05) is 12.5 Å². The summed E-state index contributed by atoms with van der Waals surface area (Å²) in [5.41, 5.74) is 1.53. The molecular formula is C24H30O7. The van der Waals surface area contributed by atoms with Crippen LogP contribution in [-0.4, -0.2) is 33.9 Å². The summed E-state index contributed by atoms with van der Waals surface area (Å²) in [5, 5.41) is 28.3. The van der Waals surface area contributed by atoms with E-state index < -0.39 is 11.9 Å². The first-order valence-electron chi connectivity index (χ1n) is 10.5. The van der Waals surface area contributed by atoms with Crippen LogP contribution in [0.15, 0.2) is 30.3 Å². The van der Waals surface area contributed by atoms with E-state index in [1.165, 1.54) is 19.1 Å². The van der Waals surface area contributed by atoms with E-state index in [0.717, 1.165) is 44.1 Å². The number of ether oxygens (including phenoxy) is 2. The van der Waals surface area contributed by atoms with Crippen molar-refractivity contribution in [2.24, 2.45) is 0 Å².